The maximum atomic E-state index is 13.4. The third-order valence-electron chi connectivity index (χ3n) is 5.95. The van der Waals surface area contributed by atoms with Gasteiger partial charge in [-0.15, -0.1) is 0 Å². The van der Waals surface area contributed by atoms with Gasteiger partial charge in [0.2, 0.25) is 5.95 Å². The van der Waals surface area contributed by atoms with Gasteiger partial charge in [-0.05, 0) is 50.8 Å². The Labute approximate surface area is 181 Å². The van der Waals surface area contributed by atoms with E-state index in [0.29, 0.717) is 23.9 Å². The molecule has 7 nitrogen and oxygen atoms in total. The number of aromatic nitrogens is 4. The summed E-state index contributed by atoms with van der Waals surface area (Å²) in [5.74, 6) is 0.612. The van der Waals surface area contributed by atoms with Crippen LogP contribution in [-0.2, 0) is 7.05 Å². The summed E-state index contributed by atoms with van der Waals surface area (Å²) >= 11 is 0. The largest absolute Gasteiger partial charge is 0.341 e. The van der Waals surface area contributed by atoms with E-state index in [1.807, 2.05) is 20.8 Å². The van der Waals surface area contributed by atoms with Crippen molar-refractivity contribution in [1.29, 1.82) is 0 Å². The van der Waals surface area contributed by atoms with Gasteiger partial charge < -0.3 is 4.90 Å². The first-order chi connectivity index (χ1) is 14.8. The van der Waals surface area contributed by atoms with Crippen molar-refractivity contribution in [3.05, 3.63) is 69.4 Å². The lowest BCUT2D eigenvalue weighted by molar-refractivity contribution is 0.0905. The molecule has 1 unspecified atom stereocenters. The summed E-state index contributed by atoms with van der Waals surface area (Å²) in [4.78, 5) is 41.0. The van der Waals surface area contributed by atoms with Crippen molar-refractivity contribution < 1.29 is 4.79 Å². The van der Waals surface area contributed by atoms with Gasteiger partial charge in [-0.1, -0.05) is 17.7 Å². The molecule has 1 aliphatic heterocycles. The Bertz CT molecular complexity index is 1160. The number of carbonyl (C=O) groups excluding carboxylic acids is 1. The molecular weight excluding hydrogens is 390 g/mol. The molecule has 7 heteroatoms. The molecular formula is C24H27N5O2. The van der Waals surface area contributed by atoms with Gasteiger partial charge in [-0.2, -0.15) is 0 Å². The Balaban J connectivity index is 1.66. The molecule has 1 fully saturated rings. The zero-order valence-corrected chi connectivity index (χ0v) is 18.4. The molecule has 1 aromatic carbocycles. The zero-order valence-electron chi connectivity index (χ0n) is 18.4. The Morgan fingerprint density at radius 3 is 2.52 bits per heavy atom. The van der Waals surface area contributed by atoms with E-state index >= 15 is 0 Å². The van der Waals surface area contributed by atoms with Gasteiger partial charge in [0.15, 0.2) is 5.78 Å². The van der Waals surface area contributed by atoms with Crippen molar-refractivity contribution >= 4 is 11.7 Å². The molecule has 0 radical (unpaired) electrons. The predicted octanol–water partition coefficient (Wildman–Crippen LogP) is 3.26. The number of rotatable bonds is 4. The van der Waals surface area contributed by atoms with Crippen LogP contribution < -0.4 is 10.5 Å². The first-order valence-corrected chi connectivity index (χ1v) is 10.6. The summed E-state index contributed by atoms with van der Waals surface area (Å²) in [6.07, 6.45) is 4.77. The Hall–Kier alpha value is -3.35. The van der Waals surface area contributed by atoms with Crippen molar-refractivity contribution in [3.63, 3.8) is 0 Å². The number of hydrogen-bond donors (Lipinski definition) is 0. The van der Waals surface area contributed by atoms with Crippen LogP contribution in [0.25, 0.3) is 11.4 Å². The summed E-state index contributed by atoms with van der Waals surface area (Å²) in [5.41, 5.74) is 5.00. The van der Waals surface area contributed by atoms with E-state index in [1.54, 1.807) is 23.9 Å². The van der Waals surface area contributed by atoms with E-state index in [9.17, 15) is 9.59 Å². The summed E-state index contributed by atoms with van der Waals surface area (Å²) in [5, 5.41) is 0. The van der Waals surface area contributed by atoms with Crippen molar-refractivity contribution in [2.75, 3.05) is 18.0 Å². The molecule has 3 aromatic rings. The van der Waals surface area contributed by atoms with Gasteiger partial charge in [0, 0.05) is 43.9 Å². The Morgan fingerprint density at radius 2 is 1.84 bits per heavy atom. The van der Waals surface area contributed by atoms with Gasteiger partial charge in [-0.3, -0.25) is 14.2 Å². The Morgan fingerprint density at radius 1 is 1.10 bits per heavy atom. The average Bonchev–Trinajstić information content (AvgIpc) is 2.75. The van der Waals surface area contributed by atoms with Crippen molar-refractivity contribution in [2.24, 2.45) is 13.0 Å². The number of Topliss-reactive ketones (excluding diaryl/α,β-unsaturated/α-hetero) is 1. The minimum atomic E-state index is -0.155. The number of carbonyl (C=O) groups is 1. The van der Waals surface area contributed by atoms with Gasteiger partial charge in [-0.25, -0.2) is 15.0 Å². The van der Waals surface area contributed by atoms with E-state index in [4.69, 9.17) is 4.98 Å². The zero-order chi connectivity index (χ0) is 22.1. The molecule has 1 aliphatic rings. The highest BCUT2D eigenvalue weighted by Crippen LogP contribution is 2.28. The molecule has 1 atom stereocenters. The molecule has 4 rings (SSSR count). The molecule has 0 saturated carbocycles. The third kappa shape index (κ3) is 4.13. The quantitative estimate of drug-likeness (QED) is 0.606. The van der Waals surface area contributed by atoms with E-state index in [2.05, 4.69) is 27.0 Å². The first-order valence-electron chi connectivity index (χ1n) is 10.6. The minimum absolute atomic E-state index is 0.131. The number of nitrogens with zero attached hydrogens (tertiary/aromatic N) is 5. The van der Waals surface area contributed by atoms with Crippen molar-refractivity contribution in [1.82, 2.24) is 19.5 Å². The van der Waals surface area contributed by atoms with Crippen LogP contribution in [0.1, 0.15) is 39.9 Å². The number of aryl methyl sites for hydroxylation is 3. The molecule has 160 valence electrons. The first kappa shape index (κ1) is 20.9. The fraction of sp³-hybridized carbons (Fsp3) is 0.375. The van der Waals surface area contributed by atoms with Gasteiger partial charge in [0.1, 0.15) is 6.33 Å². The van der Waals surface area contributed by atoms with E-state index in [0.717, 1.165) is 41.6 Å². The maximum absolute atomic E-state index is 13.4. The number of anilines is 1. The molecule has 0 amide bonds. The van der Waals surface area contributed by atoms with E-state index in [1.165, 1.54) is 12.4 Å². The van der Waals surface area contributed by atoms with Crippen LogP contribution in [0, 0.1) is 26.7 Å². The summed E-state index contributed by atoms with van der Waals surface area (Å²) < 4.78 is 1.54. The smallest absolute Gasteiger partial charge is 0.255 e. The van der Waals surface area contributed by atoms with E-state index < -0.39 is 0 Å². The minimum Gasteiger partial charge on any atom is -0.341 e. The van der Waals surface area contributed by atoms with Crippen LogP contribution in [0.15, 0.2) is 41.6 Å². The lowest BCUT2D eigenvalue weighted by atomic mass is 9.86. The monoisotopic (exact) mass is 417 g/mol. The highest BCUT2D eigenvalue weighted by molar-refractivity contribution is 6.01. The fourth-order valence-electron chi connectivity index (χ4n) is 4.53. The SMILES string of the molecule is Cc1cc(C)c(C(=O)C2CCCN(c3nc(-c4ccncn4)cc(=O)n3C)C2)c(C)c1. The number of ketones is 1. The van der Waals surface area contributed by atoms with E-state index in [-0.39, 0.29) is 17.3 Å². The topological polar surface area (TPSA) is 81.0 Å². The molecule has 3 heterocycles. The lowest BCUT2D eigenvalue weighted by Crippen LogP contribution is -2.42. The molecule has 31 heavy (non-hydrogen) atoms. The van der Waals surface area contributed by atoms with Crippen LogP contribution in [0.3, 0.4) is 0 Å². The second-order valence-corrected chi connectivity index (χ2v) is 8.36. The van der Waals surface area contributed by atoms with Crippen LogP contribution in [0.5, 0.6) is 0 Å². The molecule has 0 bridgehead atoms. The van der Waals surface area contributed by atoms with Crippen molar-refractivity contribution in [3.8, 4) is 11.4 Å². The fourth-order valence-corrected chi connectivity index (χ4v) is 4.53. The second kappa shape index (κ2) is 8.41. The lowest BCUT2D eigenvalue weighted by Gasteiger charge is -2.34. The van der Waals surface area contributed by atoms with Crippen LogP contribution >= 0.6 is 0 Å². The normalized spacial score (nSPS) is 16.4. The Kier molecular flexibility index (Phi) is 5.67. The van der Waals surface area contributed by atoms with Crippen LogP contribution in [0.2, 0.25) is 0 Å². The highest BCUT2D eigenvalue weighted by Gasteiger charge is 2.30. The number of piperidine rings is 1. The van der Waals surface area contributed by atoms with Gasteiger partial charge in [0.05, 0.1) is 11.4 Å². The predicted molar refractivity (Wildman–Crippen MR) is 120 cm³/mol. The van der Waals surface area contributed by atoms with Crippen LogP contribution in [-0.4, -0.2) is 38.4 Å². The van der Waals surface area contributed by atoms with Gasteiger partial charge >= 0.3 is 0 Å². The molecule has 0 aliphatic carbocycles. The van der Waals surface area contributed by atoms with Gasteiger partial charge in [0.25, 0.3) is 5.56 Å². The highest BCUT2D eigenvalue weighted by atomic mass is 16.1. The standard InChI is InChI=1S/C24H27N5O2/c1-15-10-16(2)22(17(3)11-15)23(31)18-6-5-9-29(13-18)24-27-20(12-21(30)28(24)4)19-7-8-25-14-26-19/h7-8,10-12,14,18H,5-6,9,13H2,1-4H3. The molecule has 1 saturated heterocycles. The average molecular weight is 418 g/mol. The third-order valence-corrected chi connectivity index (χ3v) is 5.95. The van der Waals surface area contributed by atoms with Crippen molar-refractivity contribution in [2.45, 2.75) is 33.6 Å². The van der Waals surface area contributed by atoms with Crippen LogP contribution in [0.4, 0.5) is 5.95 Å². The summed E-state index contributed by atoms with van der Waals surface area (Å²) in [6.45, 7) is 7.35. The maximum Gasteiger partial charge on any atom is 0.255 e. The number of benzene rings is 1. The summed E-state index contributed by atoms with van der Waals surface area (Å²) in [6, 6.07) is 7.35. The summed E-state index contributed by atoms with van der Waals surface area (Å²) in [7, 11) is 1.72. The second-order valence-electron chi connectivity index (χ2n) is 8.36. The molecule has 0 spiro atoms. The molecule has 0 N–H and O–H groups in total. The number of hydrogen-bond acceptors (Lipinski definition) is 6. The molecule has 2 aromatic heterocycles.